The molecule has 0 amide bonds. The molecule has 0 radical (unpaired) electrons. The molecule has 82 valence electrons. The normalized spacial score (nSPS) is 29.4. The second-order valence-corrected chi connectivity index (χ2v) is 4.18. The van der Waals surface area contributed by atoms with Gasteiger partial charge in [0, 0.05) is 25.7 Å². The van der Waals surface area contributed by atoms with E-state index in [4.69, 9.17) is 9.84 Å². The molecule has 1 atom stereocenters. The lowest BCUT2D eigenvalue weighted by Crippen LogP contribution is -2.49. The van der Waals surface area contributed by atoms with Gasteiger partial charge in [-0.25, -0.2) is 0 Å². The molecule has 0 aromatic carbocycles. The molecular weight excluding hydrogens is 180 g/mol. The molecule has 1 aliphatic heterocycles. The first-order valence-electron chi connectivity index (χ1n) is 5.56. The Morgan fingerprint density at radius 1 is 1.43 bits per heavy atom. The zero-order chi connectivity index (χ0) is 9.80. The zero-order valence-corrected chi connectivity index (χ0v) is 8.61. The predicted octanol–water partition coefficient (Wildman–Crippen LogP) is -0.568. The summed E-state index contributed by atoms with van der Waals surface area (Å²) >= 11 is 0. The second kappa shape index (κ2) is 5.07. The Hall–Kier alpha value is -0.160. The summed E-state index contributed by atoms with van der Waals surface area (Å²) in [4.78, 5) is 2.32. The van der Waals surface area contributed by atoms with Gasteiger partial charge in [0.15, 0.2) is 0 Å². The quantitative estimate of drug-likeness (QED) is 0.624. The van der Waals surface area contributed by atoms with Crippen molar-refractivity contribution in [2.24, 2.45) is 0 Å². The van der Waals surface area contributed by atoms with E-state index in [0.717, 1.165) is 32.3 Å². The van der Waals surface area contributed by atoms with E-state index in [1.807, 2.05) is 0 Å². The van der Waals surface area contributed by atoms with Crippen molar-refractivity contribution < 1.29 is 9.84 Å². The average Bonchev–Trinajstić information content (AvgIpc) is 3.03. The number of nitrogens with zero attached hydrogens (tertiary/aromatic N) is 1. The van der Waals surface area contributed by atoms with E-state index in [-0.39, 0.29) is 12.6 Å². The number of aliphatic hydroxyl groups excluding tert-OH is 1. The molecule has 1 aliphatic carbocycles. The van der Waals surface area contributed by atoms with Gasteiger partial charge in [0.2, 0.25) is 0 Å². The molecule has 2 rings (SSSR count). The summed E-state index contributed by atoms with van der Waals surface area (Å²) in [6.45, 7) is 4.73. The summed E-state index contributed by atoms with van der Waals surface area (Å²) < 4.78 is 5.32. The van der Waals surface area contributed by atoms with Crippen LogP contribution >= 0.6 is 0 Å². The van der Waals surface area contributed by atoms with Crippen molar-refractivity contribution in [3.63, 3.8) is 0 Å². The van der Waals surface area contributed by atoms with Crippen molar-refractivity contribution in [3.8, 4) is 0 Å². The van der Waals surface area contributed by atoms with Gasteiger partial charge < -0.3 is 15.2 Å². The van der Waals surface area contributed by atoms with Crippen LogP contribution in [0.4, 0.5) is 0 Å². The fraction of sp³-hybridized carbons (Fsp3) is 1.00. The Bertz CT molecular complexity index is 174. The van der Waals surface area contributed by atoms with Crippen LogP contribution in [-0.4, -0.2) is 61.5 Å². The van der Waals surface area contributed by atoms with E-state index in [2.05, 4.69) is 10.2 Å². The summed E-state index contributed by atoms with van der Waals surface area (Å²) in [5.74, 6) is 0. The molecular formula is C10H20N2O2. The van der Waals surface area contributed by atoms with Crippen LogP contribution in [0, 0.1) is 0 Å². The number of rotatable bonds is 5. The maximum Gasteiger partial charge on any atom is 0.0644 e. The van der Waals surface area contributed by atoms with Crippen molar-refractivity contribution in [3.05, 3.63) is 0 Å². The molecule has 0 spiro atoms. The largest absolute Gasteiger partial charge is 0.395 e. The molecule has 1 saturated carbocycles. The molecule has 1 heterocycles. The summed E-state index contributed by atoms with van der Waals surface area (Å²) in [7, 11) is 0. The molecule has 0 aromatic heterocycles. The van der Waals surface area contributed by atoms with Crippen molar-refractivity contribution in [2.45, 2.75) is 24.9 Å². The minimum absolute atomic E-state index is 0.212. The maximum atomic E-state index is 9.14. The Morgan fingerprint density at radius 2 is 2.29 bits per heavy atom. The van der Waals surface area contributed by atoms with Gasteiger partial charge in [0.05, 0.1) is 25.9 Å². The van der Waals surface area contributed by atoms with Gasteiger partial charge in [-0.3, -0.25) is 4.90 Å². The summed E-state index contributed by atoms with van der Waals surface area (Å²) in [5, 5.41) is 12.6. The van der Waals surface area contributed by atoms with Crippen molar-refractivity contribution in [1.82, 2.24) is 10.2 Å². The summed E-state index contributed by atoms with van der Waals surface area (Å²) in [5.41, 5.74) is 0. The first-order valence-corrected chi connectivity index (χ1v) is 5.56. The van der Waals surface area contributed by atoms with E-state index < -0.39 is 0 Å². The summed E-state index contributed by atoms with van der Waals surface area (Å²) in [6.07, 6.45) is 2.68. The lowest BCUT2D eigenvalue weighted by molar-refractivity contribution is -0.0266. The molecule has 2 fully saturated rings. The van der Waals surface area contributed by atoms with Gasteiger partial charge in [-0.1, -0.05) is 0 Å². The van der Waals surface area contributed by atoms with Gasteiger partial charge in [-0.05, 0) is 12.8 Å². The highest BCUT2D eigenvalue weighted by Gasteiger charge is 2.23. The average molecular weight is 200 g/mol. The molecule has 1 unspecified atom stereocenters. The molecule has 4 nitrogen and oxygen atoms in total. The van der Waals surface area contributed by atoms with Crippen LogP contribution in [0.15, 0.2) is 0 Å². The molecule has 0 bridgehead atoms. The fourth-order valence-electron chi connectivity index (χ4n) is 1.85. The molecule has 0 aromatic rings. The lowest BCUT2D eigenvalue weighted by Gasteiger charge is -2.34. The van der Waals surface area contributed by atoms with E-state index in [1.54, 1.807) is 0 Å². The topological polar surface area (TPSA) is 44.7 Å². The van der Waals surface area contributed by atoms with Gasteiger partial charge in [0.1, 0.15) is 0 Å². The monoisotopic (exact) mass is 200 g/mol. The Kier molecular flexibility index (Phi) is 3.75. The number of hydrogen-bond donors (Lipinski definition) is 2. The first-order chi connectivity index (χ1) is 6.90. The molecule has 2 aliphatic rings. The predicted molar refractivity (Wildman–Crippen MR) is 54.3 cm³/mol. The molecule has 14 heavy (non-hydrogen) atoms. The molecule has 4 heteroatoms. The minimum Gasteiger partial charge on any atom is -0.395 e. The van der Waals surface area contributed by atoms with Crippen LogP contribution in [0.25, 0.3) is 0 Å². The van der Waals surface area contributed by atoms with E-state index in [9.17, 15) is 0 Å². The first kappa shape index (κ1) is 10.4. The maximum absolute atomic E-state index is 9.14. The third kappa shape index (κ3) is 2.92. The smallest absolute Gasteiger partial charge is 0.0644 e. The van der Waals surface area contributed by atoms with E-state index in [1.165, 1.54) is 12.8 Å². The number of ether oxygens (including phenoxy) is 1. The van der Waals surface area contributed by atoms with Crippen molar-refractivity contribution in [1.29, 1.82) is 0 Å². The highest BCUT2D eigenvalue weighted by atomic mass is 16.5. The number of aliphatic hydroxyl groups is 1. The van der Waals surface area contributed by atoms with Gasteiger partial charge >= 0.3 is 0 Å². The van der Waals surface area contributed by atoms with Crippen LogP contribution in [0.3, 0.4) is 0 Å². The highest BCUT2D eigenvalue weighted by Crippen LogP contribution is 2.18. The third-order valence-electron chi connectivity index (χ3n) is 2.97. The SMILES string of the molecule is OCC1COCCN1CCNC1CC1. The van der Waals surface area contributed by atoms with E-state index in [0.29, 0.717) is 6.61 Å². The molecule has 2 N–H and O–H groups in total. The van der Waals surface area contributed by atoms with Crippen LogP contribution in [0.5, 0.6) is 0 Å². The van der Waals surface area contributed by atoms with Crippen LogP contribution in [0.1, 0.15) is 12.8 Å². The summed E-state index contributed by atoms with van der Waals surface area (Å²) in [6, 6.07) is 0.994. The van der Waals surface area contributed by atoms with Crippen LogP contribution < -0.4 is 5.32 Å². The van der Waals surface area contributed by atoms with Gasteiger partial charge in [0.25, 0.3) is 0 Å². The van der Waals surface area contributed by atoms with Crippen LogP contribution in [0.2, 0.25) is 0 Å². The molecule has 1 saturated heterocycles. The van der Waals surface area contributed by atoms with Crippen LogP contribution in [-0.2, 0) is 4.74 Å². The second-order valence-electron chi connectivity index (χ2n) is 4.18. The third-order valence-corrected chi connectivity index (χ3v) is 2.97. The highest BCUT2D eigenvalue weighted by molar-refractivity contribution is 4.82. The van der Waals surface area contributed by atoms with Gasteiger partial charge in [-0.2, -0.15) is 0 Å². The number of hydrogen-bond acceptors (Lipinski definition) is 4. The minimum atomic E-state index is 0.212. The number of morpholine rings is 1. The Balaban J connectivity index is 1.64. The fourth-order valence-corrected chi connectivity index (χ4v) is 1.85. The number of nitrogens with one attached hydrogen (secondary N) is 1. The standard InChI is InChI=1S/C10H20N2O2/c13-7-10-8-14-6-5-12(10)4-3-11-9-1-2-9/h9-11,13H,1-8H2. The van der Waals surface area contributed by atoms with Gasteiger partial charge in [-0.15, -0.1) is 0 Å². The van der Waals surface area contributed by atoms with Crippen molar-refractivity contribution in [2.75, 3.05) is 39.5 Å². The zero-order valence-electron chi connectivity index (χ0n) is 8.61. The Morgan fingerprint density at radius 3 is 3.00 bits per heavy atom. The Labute approximate surface area is 85.2 Å². The van der Waals surface area contributed by atoms with Crippen molar-refractivity contribution >= 4 is 0 Å². The lowest BCUT2D eigenvalue weighted by atomic mass is 10.2. The van der Waals surface area contributed by atoms with E-state index >= 15 is 0 Å².